The first-order chi connectivity index (χ1) is 7.26. The zero-order valence-electron chi connectivity index (χ0n) is 9.79. The maximum Gasteiger partial charge on any atom is 0.0662 e. The van der Waals surface area contributed by atoms with Crippen molar-refractivity contribution < 1.29 is 0 Å². The third-order valence-electron chi connectivity index (χ3n) is 3.57. The molecule has 0 radical (unpaired) electrons. The summed E-state index contributed by atoms with van der Waals surface area (Å²) in [6, 6.07) is 0. The number of nitrogens with zero attached hydrogens (tertiary/aromatic N) is 2. The lowest BCUT2D eigenvalue weighted by molar-refractivity contribution is 0.427. The van der Waals surface area contributed by atoms with Crippen LogP contribution in [0, 0.1) is 12.8 Å². The van der Waals surface area contributed by atoms with Crippen LogP contribution in [0.25, 0.3) is 0 Å². The van der Waals surface area contributed by atoms with Gasteiger partial charge in [-0.2, -0.15) is 5.10 Å². The Kier molecular flexibility index (Phi) is 3.10. The van der Waals surface area contributed by atoms with Gasteiger partial charge in [0.2, 0.25) is 0 Å². The number of aryl methyl sites for hydroxylation is 1. The molecule has 84 valence electrons. The molecule has 0 saturated heterocycles. The van der Waals surface area contributed by atoms with E-state index in [-0.39, 0.29) is 0 Å². The first kappa shape index (κ1) is 10.7. The topological polar surface area (TPSA) is 43.8 Å². The van der Waals surface area contributed by atoms with Crippen LogP contribution in [0.5, 0.6) is 0 Å². The van der Waals surface area contributed by atoms with Gasteiger partial charge < -0.3 is 5.73 Å². The fraction of sp³-hybridized carbons (Fsp3) is 0.750. The van der Waals surface area contributed by atoms with Crippen LogP contribution in [0.15, 0.2) is 0 Å². The maximum atomic E-state index is 5.61. The van der Waals surface area contributed by atoms with Gasteiger partial charge in [-0.05, 0) is 57.6 Å². The van der Waals surface area contributed by atoms with Crippen LogP contribution >= 0.6 is 0 Å². The van der Waals surface area contributed by atoms with Crippen molar-refractivity contribution in [2.24, 2.45) is 11.7 Å². The van der Waals surface area contributed by atoms with Crippen molar-refractivity contribution in [1.82, 2.24) is 9.78 Å². The van der Waals surface area contributed by atoms with Gasteiger partial charge in [0.15, 0.2) is 0 Å². The highest BCUT2D eigenvalue weighted by Gasteiger charge is 2.23. The van der Waals surface area contributed by atoms with Gasteiger partial charge in [0.1, 0.15) is 0 Å². The van der Waals surface area contributed by atoms with Crippen LogP contribution in [-0.4, -0.2) is 16.3 Å². The molecule has 1 aliphatic carbocycles. The molecule has 0 fully saturated rings. The molecule has 1 aromatic heterocycles. The molecule has 1 unspecified atom stereocenters. The molecule has 3 nitrogen and oxygen atoms in total. The number of aromatic nitrogens is 2. The van der Waals surface area contributed by atoms with E-state index in [4.69, 9.17) is 5.73 Å². The van der Waals surface area contributed by atoms with Crippen molar-refractivity contribution >= 4 is 0 Å². The highest BCUT2D eigenvalue weighted by atomic mass is 15.3. The van der Waals surface area contributed by atoms with Gasteiger partial charge in [0.25, 0.3) is 0 Å². The molecular formula is C12H21N3. The Balaban J connectivity index is 2.19. The van der Waals surface area contributed by atoms with Crippen molar-refractivity contribution in [3.8, 4) is 0 Å². The van der Waals surface area contributed by atoms with E-state index >= 15 is 0 Å². The van der Waals surface area contributed by atoms with Crippen LogP contribution in [0.2, 0.25) is 0 Å². The van der Waals surface area contributed by atoms with Gasteiger partial charge in [-0.25, -0.2) is 0 Å². The second-order valence-corrected chi connectivity index (χ2v) is 4.51. The standard InChI is InChI=1S/C12H21N3/c1-3-15-9(2)11-5-4-10(6-7-13)8-12(11)14-15/h10H,3-8,13H2,1-2H3. The van der Waals surface area contributed by atoms with Crippen molar-refractivity contribution in [2.75, 3.05) is 6.54 Å². The molecule has 0 spiro atoms. The van der Waals surface area contributed by atoms with Crippen molar-refractivity contribution in [2.45, 2.75) is 46.1 Å². The summed E-state index contributed by atoms with van der Waals surface area (Å²) in [7, 11) is 0. The van der Waals surface area contributed by atoms with Gasteiger partial charge in [-0.3, -0.25) is 4.68 Å². The summed E-state index contributed by atoms with van der Waals surface area (Å²) in [6.45, 7) is 6.15. The third-order valence-corrected chi connectivity index (χ3v) is 3.57. The minimum Gasteiger partial charge on any atom is -0.330 e. The summed E-state index contributed by atoms with van der Waals surface area (Å²) in [5, 5.41) is 4.68. The van der Waals surface area contributed by atoms with E-state index in [1.807, 2.05) is 0 Å². The summed E-state index contributed by atoms with van der Waals surface area (Å²) in [4.78, 5) is 0. The predicted octanol–water partition coefficient (Wildman–Crippen LogP) is 1.67. The van der Waals surface area contributed by atoms with Crippen LogP contribution in [0.3, 0.4) is 0 Å². The lowest BCUT2D eigenvalue weighted by Gasteiger charge is -2.20. The molecule has 15 heavy (non-hydrogen) atoms. The lowest BCUT2D eigenvalue weighted by atomic mass is 9.85. The van der Waals surface area contributed by atoms with Crippen LogP contribution in [-0.2, 0) is 19.4 Å². The average molecular weight is 207 g/mol. The molecule has 0 aliphatic heterocycles. The molecule has 0 saturated carbocycles. The lowest BCUT2D eigenvalue weighted by Crippen LogP contribution is -2.17. The second-order valence-electron chi connectivity index (χ2n) is 4.51. The van der Waals surface area contributed by atoms with Gasteiger partial charge in [0, 0.05) is 12.2 Å². The predicted molar refractivity (Wildman–Crippen MR) is 61.8 cm³/mol. The Labute approximate surface area is 91.7 Å². The number of hydrogen-bond donors (Lipinski definition) is 1. The number of fused-ring (bicyclic) bond motifs is 1. The fourth-order valence-electron chi connectivity index (χ4n) is 2.65. The van der Waals surface area contributed by atoms with Gasteiger partial charge in [-0.1, -0.05) is 0 Å². The Hall–Kier alpha value is -0.830. The summed E-state index contributed by atoms with van der Waals surface area (Å²) in [5.74, 6) is 0.766. The third kappa shape index (κ3) is 1.93. The van der Waals surface area contributed by atoms with E-state index in [9.17, 15) is 0 Å². The highest BCUT2D eigenvalue weighted by molar-refractivity contribution is 5.28. The van der Waals surface area contributed by atoms with Crippen molar-refractivity contribution in [1.29, 1.82) is 0 Å². The summed E-state index contributed by atoms with van der Waals surface area (Å²) in [5.41, 5.74) is 9.83. The molecule has 1 aliphatic rings. The zero-order chi connectivity index (χ0) is 10.8. The number of hydrogen-bond acceptors (Lipinski definition) is 2. The average Bonchev–Trinajstić information content (AvgIpc) is 2.56. The van der Waals surface area contributed by atoms with Crippen molar-refractivity contribution in [3.05, 3.63) is 17.0 Å². The monoisotopic (exact) mass is 207 g/mol. The Morgan fingerprint density at radius 3 is 3.00 bits per heavy atom. The first-order valence-electron chi connectivity index (χ1n) is 6.01. The molecule has 1 heterocycles. The van der Waals surface area contributed by atoms with E-state index in [0.29, 0.717) is 0 Å². The summed E-state index contributed by atoms with van der Waals surface area (Å²) < 4.78 is 2.13. The van der Waals surface area contributed by atoms with E-state index in [0.717, 1.165) is 31.8 Å². The van der Waals surface area contributed by atoms with E-state index < -0.39 is 0 Å². The molecule has 1 aromatic rings. The Morgan fingerprint density at radius 2 is 2.33 bits per heavy atom. The van der Waals surface area contributed by atoms with E-state index in [2.05, 4.69) is 23.6 Å². The minimum absolute atomic E-state index is 0.766. The molecule has 0 bridgehead atoms. The van der Waals surface area contributed by atoms with Crippen molar-refractivity contribution in [3.63, 3.8) is 0 Å². The SMILES string of the molecule is CCn1nc2c(c1C)CCC(CCN)C2. The molecule has 0 aromatic carbocycles. The minimum atomic E-state index is 0.766. The Morgan fingerprint density at radius 1 is 1.53 bits per heavy atom. The second kappa shape index (κ2) is 4.35. The molecule has 2 N–H and O–H groups in total. The van der Waals surface area contributed by atoms with Gasteiger partial charge in [-0.15, -0.1) is 0 Å². The van der Waals surface area contributed by atoms with E-state index in [1.165, 1.54) is 29.8 Å². The molecule has 2 rings (SSSR count). The van der Waals surface area contributed by atoms with E-state index in [1.54, 1.807) is 0 Å². The molecule has 0 amide bonds. The summed E-state index contributed by atoms with van der Waals surface area (Å²) >= 11 is 0. The van der Waals surface area contributed by atoms with Gasteiger partial charge >= 0.3 is 0 Å². The fourth-order valence-corrected chi connectivity index (χ4v) is 2.65. The number of nitrogens with two attached hydrogens (primary N) is 1. The first-order valence-corrected chi connectivity index (χ1v) is 6.01. The summed E-state index contributed by atoms with van der Waals surface area (Å²) in [6.07, 6.45) is 4.78. The Bertz CT molecular complexity index is 341. The molecule has 3 heteroatoms. The molecule has 1 atom stereocenters. The van der Waals surface area contributed by atoms with Crippen LogP contribution in [0.1, 0.15) is 36.7 Å². The van der Waals surface area contributed by atoms with Crippen LogP contribution < -0.4 is 5.73 Å². The van der Waals surface area contributed by atoms with Crippen LogP contribution in [0.4, 0.5) is 0 Å². The van der Waals surface area contributed by atoms with Gasteiger partial charge in [0.05, 0.1) is 5.69 Å². The smallest absolute Gasteiger partial charge is 0.0662 e. The number of rotatable bonds is 3. The quantitative estimate of drug-likeness (QED) is 0.819. The maximum absolute atomic E-state index is 5.61. The zero-order valence-corrected chi connectivity index (χ0v) is 9.79. The molecular weight excluding hydrogens is 186 g/mol. The highest BCUT2D eigenvalue weighted by Crippen LogP contribution is 2.28. The largest absolute Gasteiger partial charge is 0.330 e. The normalized spacial score (nSPS) is 20.3.